The number of carbonyl (C=O) groups excluding carboxylic acids is 1. The number of hydrogen-bond donors (Lipinski definition) is 3. The van der Waals surface area contributed by atoms with E-state index in [1.165, 1.54) is 0 Å². The zero-order valence-electron chi connectivity index (χ0n) is 14.4. The van der Waals surface area contributed by atoms with E-state index in [9.17, 15) is 23.8 Å². The molecule has 2 unspecified atom stereocenters. The van der Waals surface area contributed by atoms with Crippen molar-refractivity contribution in [2.45, 2.75) is 50.5 Å². The van der Waals surface area contributed by atoms with Crippen molar-refractivity contribution in [1.29, 1.82) is 0 Å². The number of alkyl carbamates (subject to hydrolysis) is 1. The molecule has 3 atom stereocenters. The van der Waals surface area contributed by atoms with E-state index in [-0.39, 0.29) is 18.6 Å². The molecule has 0 bridgehead atoms. The molecule has 3 N–H and O–H groups in total. The maximum absolute atomic E-state index is 14.1. The van der Waals surface area contributed by atoms with Crippen LogP contribution in [0.15, 0.2) is 18.2 Å². The summed E-state index contributed by atoms with van der Waals surface area (Å²) in [4.78, 5) is 12.1. The molecule has 1 heterocycles. The van der Waals surface area contributed by atoms with E-state index < -0.39 is 47.7 Å². The number of rotatable bonds is 3. The smallest absolute Gasteiger partial charge is 0.407 e. The van der Waals surface area contributed by atoms with Crippen molar-refractivity contribution < 1.29 is 33.3 Å². The van der Waals surface area contributed by atoms with Gasteiger partial charge >= 0.3 is 6.09 Å². The molecule has 1 fully saturated rings. The minimum Gasteiger partial charge on any atom is -0.444 e. The summed E-state index contributed by atoms with van der Waals surface area (Å²) < 4.78 is 38.2. The van der Waals surface area contributed by atoms with E-state index in [0.717, 1.165) is 18.2 Å². The standard InChI is InChI=1S/C17H23F2NO5/c1-16(2,3)25-15(22)20-13-7-17(23,8-21)9-24-14(13)11-6-10(18)4-5-12(11)19/h4-6,13-14,21,23H,7-9H2,1-3H3,(H,20,22)/t13-,14?,17?/m0/s1. The number of aliphatic hydroxyl groups is 2. The Morgan fingerprint density at radius 3 is 2.72 bits per heavy atom. The number of benzene rings is 1. The first-order valence-electron chi connectivity index (χ1n) is 7.92. The lowest BCUT2D eigenvalue weighted by molar-refractivity contribution is -0.153. The number of amides is 1. The number of aliphatic hydroxyl groups excluding tert-OH is 1. The van der Waals surface area contributed by atoms with Crippen LogP contribution in [0.25, 0.3) is 0 Å². The lowest BCUT2D eigenvalue weighted by atomic mass is 9.87. The normalized spacial score (nSPS) is 27.0. The summed E-state index contributed by atoms with van der Waals surface area (Å²) in [5.74, 6) is -1.35. The van der Waals surface area contributed by atoms with Crippen LogP contribution in [0.2, 0.25) is 0 Å². The Labute approximate surface area is 144 Å². The lowest BCUT2D eigenvalue weighted by Crippen LogP contribution is -2.55. The van der Waals surface area contributed by atoms with Gasteiger partial charge in [0.1, 0.15) is 28.9 Å². The highest BCUT2D eigenvalue weighted by Crippen LogP contribution is 2.34. The second-order valence-electron chi connectivity index (χ2n) is 7.24. The zero-order chi connectivity index (χ0) is 18.8. The summed E-state index contributed by atoms with van der Waals surface area (Å²) in [7, 11) is 0. The second-order valence-corrected chi connectivity index (χ2v) is 7.24. The Balaban J connectivity index is 2.27. The summed E-state index contributed by atoms with van der Waals surface area (Å²) in [6, 6.07) is 2.00. The van der Waals surface area contributed by atoms with Gasteiger partial charge in [-0.2, -0.15) is 0 Å². The SMILES string of the molecule is CC(C)(C)OC(=O)N[C@H]1CC(O)(CO)COC1c1cc(F)ccc1F. The molecule has 0 saturated carbocycles. The van der Waals surface area contributed by atoms with Gasteiger partial charge in [-0.25, -0.2) is 13.6 Å². The minimum atomic E-state index is -1.60. The summed E-state index contributed by atoms with van der Waals surface area (Å²) >= 11 is 0. The van der Waals surface area contributed by atoms with E-state index in [1.54, 1.807) is 20.8 Å². The van der Waals surface area contributed by atoms with Gasteiger partial charge in [-0.3, -0.25) is 0 Å². The predicted molar refractivity (Wildman–Crippen MR) is 84.9 cm³/mol. The molecule has 1 aliphatic heterocycles. The molecule has 1 aromatic carbocycles. The van der Waals surface area contributed by atoms with E-state index in [4.69, 9.17) is 9.47 Å². The van der Waals surface area contributed by atoms with Gasteiger partial charge in [0.05, 0.1) is 19.3 Å². The van der Waals surface area contributed by atoms with Crippen molar-refractivity contribution in [1.82, 2.24) is 5.32 Å². The van der Waals surface area contributed by atoms with Crippen LogP contribution in [0, 0.1) is 11.6 Å². The average Bonchev–Trinajstić information content (AvgIpc) is 2.48. The molecule has 1 aromatic rings. The number of nitrogens with one attached hydrogen (secondary N) is 1. The third-order valence-corrected chi connectivity index (χ3v) is 3.76. The van der Waals surface area contributed by atoms with Crippen molar-refractivity contribution in [3.63, 3.8) is 0 Å². The highest BCUT2D eigenvalue weighted by Gasteiger charge is 2.43. The van der Waals surface area contributed by atoms with Crippen LogP contribution in [-0.2, 0) is 9.47 Å². The maximum Gasteiger partial charge on any atom is 0.407 e. The highest BCUT2D eigenvalue weighted by atomic mass is 19.1. The summed E-state index contributed by atoms with van der Waals surface area (Å²) in [6.07, 6.45) is -1.93. The Bertz CT molecular complexity index is 634. The lowest BCUT2D eigenvalue weighted by Gasteiger charge is -2.41. The fourth-order valence-electron chi connectivity index (χ4n) is 2.67. The third-order valence-electron chi connectivity index (χ3n) is 3.76. The van der Waals surface area contributed by atoms with Crippen molar-refractivity contribution in [2.24, 2.45) is 0 Å². The van der Waals surface area contributed by atoms with Gasteiger partial charge in [0.15, 0.2) is 0 Å². The minimum absolute atomic E-state index is 0.0824. The van der Waals surface area contributed by atoms with Gasteiger partial charge in [0, 0.05) is 12.0 Å². The Hall–Kier alpha value is -1.77. The molecule has 1 saturated heterocycles. The zero-order valence-corrected chi connectivity index (χ0v) is 14.4. The largest absolute Gasteiger partial charge is 0.444 e. The monoisotopic (exact) mass is 359 g/mol. The molecule has 0 aromatic heterocycles. The van der Waals surface area contributed by atoms with Crippen LogP contribution >= 0.6 is 0 Å². The maximum atomic E-state index is 14.1. The summed E-state index contributed by atoms with van der Waals surface area (Å²) in [5, 5.41) is 22.1. The average molecular weight is 359 g/mol. The molecule has 6 nitrogen and oxygen atoms in total. The van der Waals surface area contributed by atoms with Gasteiger partial charge in [0.2, 0.25) is 0 Å². The second kappa shape index (κ2) is 7.23. The van der Waals surface area contributed by atoms with Crippen LogP contribution < -0.4 is 5.32 Å². The third kappa shape index (κ3) is 5.10. The number of hydrogen-bond acceptors (Lipinski definition) is 5. The molecule has 0 radical (unpaired) electrons. The molecular formula is C17H23F2NO5. The Morgan fingerprint density at radius 1 is 1.44 bits per heavy atom. The molecule has 8 heteroatoms. The van der Waals surface area contributed by atoms with E-state index in [1.807, 2.05) is 0 Å². The van der Waals surface area contributed by atoms with Crippen LogP contribution in [0.4, 0.5) is 13.6 Å². The van der Waals surface area contributed by atoms with Crippen molar-refractivity contribution in [3.8, 4) is 0 Å². The fourth-order valence-corrected chi connectivity index (χ4v) is 2.67. The predicted octanol–water partition coefficient (Wildman–Crippen LogP) is 2.04. The van der Waals surface area contributed by atoms with E-state index in [2.05, 4.69) is 5.32 Å². The molecular weight excluding hydrogens is 336 g/mol. The molecule has 25 heavy (non-hydrogen) atoms. The molecule has 140 valence electrons. The van der Waals surface area contributed by atoms with Crippen molar-refractivity contribution in [2.75, 3.05) is 13.2 Å². The first kappa shape index (κ1) is 19.6. The van der Waals surface area contributed by atoms with Gasteiger partial charge in [-0.1, -0.05) is 0 Å². The van der Waals surface area contributed by atoms with Crippen LogP contribution in [0.5, 0.6) is 0 Å². The van der Waals surface area contributed by atoms with Crippen LogP contribution in [0.1, 0.15) is 38.9 Å². The van der Waals surface area contributed by atoms with Crippen molar-refractivity contribution >= 4 is 6.09 Å². The first-order chi connectivity index (χ1) is 11.5. The van der Waals surface area contributed by atoms with Crippen LogP contribution in [-0.4, -0.2) is 46.8 Å². The fraction of sp³-hybridized carbons (Fsp3) is 0.588. The van der Waals surface area contributed by atoms with E-state index >= 15 is 0 Å². The summed E-state index contributed by atoms with van der Waals surface area (Å²) in [5.41, 5.74) is -2.44. The number of halogens is 2. The Morgan fingerprint density at radius 2 is 2.12 bits per heavy atom. The first-order valence-corrected chi connectivity index (χ1v) is 7.92. The Kier molecular flexibility index (Phi) is 5.65. The van der Waals surface area contributed by atoms with Crippen molar-refractivity contribution in [3.05, 3.63) is 35.4 Å². The molecule has 0 aliphatic carbocycles. The van der Waals surface area contributed by atoms with Crippen LogP contribution in [0.3, 0.4) is 0 Å². The summed E-state index contributed by atoms with van der Waals surface area (Å²) in [6.45, 7) is 4.15. The molecule has 2 rings (SSSR count). The highest BCUT2D eigenvalue weighted by molar-refractivity contribution is 5.68. The van der Waals surface area contributed by atoms with Gasteiger partial charge in [-0.05, 0) is 39.0 Å². The number of ether oxygens (including phenoxy) is 2. The molecule has 1 amide bonds. The van der Waals surface area contributed by atoms with Gasteiger partial charge in [-0.15, -0.1) is 0 Å². The molecule has 0 spiro atoms. The topological polar surface area (TPSA) is 88.0 Å². The van der Waals surface area contributed by atoms with Gasteiger partial charge in [0.25, 0.3) is 0 Å². The van der Waals surface area contributed by atoms with E-state index in [0.29, 0.717) is 0 Å². The van der Waals surface area contributed by atoms with Gasteiger partial charge < -0.3 is 25.0 Å². The number of carbonyl (C=O) groups is 1. The quantitative estimate of drug-likeness (QED) is 0.769. The molecule has 1 aliphatic rings.